The number of benzene rings is 3. The molecule has 0 aliphatic rings. The minimum atomic E-state index is -1.32. The Kier molecular flexibility index (Phi) is 8.90. The van der Waals surface area contributed by atoms with Crippen molar-refractivity contribution in [3.05, 3.63) is 95.7 Å². The predicted molar refractivity (Wildman–Crippen MR) is 158 cm³/mol. The van der Waals surface area contributed by atoms with Gasteiger partial charge in [0.05, 0.1) is 24.9 Å². The molecule has 0 radical (unpaired) electrons. The van der Waals surface area contributed by atoms with Crippen molar-refractivity contribution in [1.82, 2.24) is 4.98 Å². The van der Waals surface area contributed by atoms with E-state index in [-0.39, 0.29) is 34.8 Å². The normalized spacial score (nSPS) is 11.0. The highest BCUT2D eigenvalue weighted by Gasteiger charge is 2.22. The van der Waals surface area contributed by atoms with Gasteiger partial charge in [0.25, 0.3) is 0 Å². The molecule has 3 aromatic carbocycles. The zero-order chi connectivity index (χ0) is 30.4. The molecule has 9 nitrogen and oxygen atoms in total. The lowest BCUT2D eigenvalue weighted by molar-refractivity contribution is -0.117. The summed E-state index contributed by atoms with van der Waals surface area (Å²) >= 11 is 0. The number of ether oxygens (including phenoxy) is 2. The molecule has 4 rings (SSSR count). The van der Waals surface area contributed by atoms with Crippen LogP contribution in [-0.4, -0.2) is 24.0 Å². The average molecular weight is 576 g/mol. The minimum Gasteiger partial charge on any atom is -0.494 e. The van der Waals surface area contributed by atoms with Gasteiger partial charge < -0.3 is 31.2 Å². The second-order valence-electron chi connectivity index (χ2n) is 10.4. The summed E-state index contributed by atoms with van der Waals surface area (Å²) in [6.07, 6.45) is 1.35. The van der Waals surface area contributed by atoms with Crippen LogP contribution in [0.25, 0.3) is 0 Å². The third-order valence-electron chi connectivity index (χ3n) is 6.15. The smallest absolute Gasteiger partial charge is 0.323 e. The van der Waals surface area contributed by atoms with E-state index >= 15 is 4.39 Å². The zero-order valence-electron chi connectivity index (χ0n) is 23.5. The molecule has 218 valence electrons. The van der Waals surface area contributed by atoms with Gasteiger partial charge in [-0.05, 0) is 47.4 Å². The van der Waals surface area contributed by atoms with Crippen molar-refractivity contribution in [2.75, 3.05) is 23.1 Å². The molecule has 5 N–H and O–H groups in total. The number of anilines is 4. The number of carbonyl (C=O) groups excluding carboxylic acids is 2. The molecule has 3 amide bonds. The maximum absolute atomic E-state index is 15.0. The molecular weight excluding hydrogens is 544 g/mol. The van der Waals surface area contributed by atoms with Gasteiger partial charge >= 0.3 is 6.03 Å². The number of nitrogens with one attached hydrogen (secondary N) is 3. The number of amides is 3. The summed E-state index contributed by atoms with van der Waals surface area (Å²) in [5, 5.41) is 8.00. The zero-order valence-corrected chi connectivity index (χ0v) is 23.5. The van der Waals surface area contributed by atoms with Gasteiger partial charge in [-0.15, -0.1) is 0 Å². The summed E-state index contributed by atoms with van der Waals surface area (Å²) in [6, 6.07) is 17.3. The number of aromatic nitrogens is 1. The molecule has 0 aliphatic heterocycles. The van der Waals surface area contributed by atoms with E-state index < -0.39 is 29.3 Å². The molecule has 4 aromatic rings. The van der Waals surface area contributed by atoms with Gasteiger partial charge in [-0.25, -0.2) is 14.2 Å². The van der Waals surface area contributed by atoms with Gasteiger partial charge in [0, 0.05) is 23.5 Å². The average Bonchev–Trinajstić information content (AvgIpc) is 2.93. The van der Waals surface area contributed by atoms with Gasteiger partial charge in [0.15, 0.2) is 11.6 Å². The number of rotatable bonds is 9. The molecule has 0 spiro atoms. The molecule has 11 heteroatoms. The minimum absolute atomic E-state index is 0.119. The Morgan fingerprint density at radius 3 is 2.31 bits per heavy atom. The molecule has 1 aromatic heterocycles. The van der Waals surface area contributed by atoms with Crippen LogP contribution >= 0.6 is 0 Å². The lowest BCUT2D eigenvalue weighted by atomic mass is 9.85. The van der Waals surface area contributed by atoms with Crippen LogP contribution in [0.15, 0.2) is 72.9 Å². The van der Waals surface area contributed by atoms with Crippen molar-refractivity contribution in [1.29, 1.82) is 0 Å². The maximum atomic E-state index is 15.0. The SMILES string of the molecule is COc1c(CC(N)=O)cc(C(C)(C)C)cc1NC(=O)Nc1ccc(Oc2ccnc(Nc3ccccc3)c2)c(F)c1F. The lowest BCUT2D eigenvalue weighted by Crippen LogP contribution is -2.23. The largest absolute Gasteiger partial charge is 0.494 e. The van der Waals surface area contributed by atoms with Crippen LogP contribution in [0.4, 0.5) is 36.5 Å². The molecule has 0 saturated carbocycles. The summed E-state index contributed by atoms with van der Waals surface area (Å²) in [4.78, 5) is 28.7. The fraction of sp³-hybridized carbons (Fsp3) is 0.194. The number of primary amides is 1. The molecule has 0 unspecified atom stereocenters. The maximum Gasteiger partial charge on any atom is 0.323 e. The van der Waals surface area contributed by atoms with E-state index in [0.717, 1.165) is 11.3 Å². The van der Waals surface area contributed by atoms with Crippen molar-refractivity contribution in [2.45, 2.75) is 32.6 Å². The van der Waals surface area contributed by atoms with E-state index in [4.69, 9.17) is 15.2 Å². The van der Waals surface area contributed by atoms with Crippen LogP contribution in [0.5, 0.6) is 17.2 Å². The highest BCUT2D eigenvalue weighted by atomic mass is 19.2. The summed E-state index contributed by atoms with van der Waals surface area (Å²) in [5.41, 5.74) is 6.94. The number of halogens is 2. The number of urea groups is 1. The number of hydrogen-bond acceptors (Lipinski definition) is 6. The summed E-state index contributed by atoms with van der Waals surface area (Å²) in [6.45, 7) is 5.88. The second kappa shape index (κ2) is 12.5. The van der Waals surface area contributed by atoms with E-state index in [1.807, 2.05) is 51.1 Å². The Morgan fingerprint density at radius 2 is 1.64 bits per heavy atom. The van der Waals surface area contributed by atoms with Gasteiger partial charge in [0.1, 0.15) is 17.3 Å². The van der Waals surface area contributed by atoms with Crippen LogP contribution in [0.3, 0.4) is 0 Å². The number of methoxy groups -OCH3 is 1. The van der Waals surface area contributed by atoms with E-state index in [9.17, 15) is 14.0 Å². The highest BCUT2D eigenvalue weighted by Crippen LogP contribution is 2.36. The van der Waals surface area contributed by atoms with Crippen molar-refractivity contribution in [2.24, 2.45) is 5.73 Å². The molecule has 0 saturated heterocycles. The number of carbonyl (C=O) groups is 2. The van der Waals surface area contributed by atoms with Crippen molar-refractivity contribution in [3.8, 4) is 17.2 Å². The van der Waals surface area contributed by atoms with Crippen LogP contribution in [-0.2, 0) is 16.6 Å². The fourth-order valence-corrected chi connectivity index (χ4v) is 4.10. The van der Waals surface area contributed by atoms with Crippen molar-refractivity contribution >= 4 is 34.8 Å². The second-order valence-corrected chi connectivity index (χ2v) is 10.4. The first-order valence-electron chi connectivity index (χ1n) is 13.0. The number of nitrogens with zero attached hydrogens (tertiary/aromatic N) is 1. The van der Waals surface area contributed by atoms with Crippen LogP contribution < -0.4 is 31.2 Å². The molecule has 0 bridgehead atoms. The highest BCUT2D eigenvalue weighted by molar-refractivity contribution is 6.01. The van der Waals surface area contributed by atoms with E-state index in [0.29, 0.717) is 11.4 Å². The number of hydrogen-bond donors (Lipinski definition) is 4. The Hall–Kier alpha value is -5.19. The molecule has 0 fully saturated rings. The number of para-hydroxylation sites is 1. The molecule has 0 atom stereocenters. The van der Waals surface area contributed by atoms with Crippen molar-refractivity contribution in [3.63, 3.8) is 0 Å². The van der Waals surface area contributed by atoms with E-state index in [2.05, 4.69) is 20.9 Å². The Bertz CT molecular complexity index is 1610. The van der Waals surface area contributed by atoms with Gasteiger partial charge in [-0.1, -0.05) is 45.0 Å². The van der Waals surface area contributed by atoms with Gasteiger partial charge in [-0.3, -0.25) is 4.79 Å². The third-order valence-corrected chi connectivity index (χ3v) is 6.15. The van der Waals surface area contributed by atoms with E-state index in [1.54, 1.807) is 12.1 Å². The first-order chi connectivity index (χ1) is 19.9. The molecule has 1 heterocycles. The topological polar surface area (TPSA) is 128 Å². The summed E-state index contributed by atoms with van der Waals surface area (Å²) in [7, 11) is 1.39. The predicted octanol–water partition coefficient (Wildman–Crippen LogP) is 6.87. The Balaban J connectivity index is 1.52. The standard InChI is InChI=1S/C31H31F2N5O4/c1-31(2,3)19-14-18(15-25(34)39)29(41-4)23(16-19)38-30(40)37-22-10-11-24(28(33)27(22)32)42-21-12-13-35-26(17-21)36-20-8-6-5-7-9-20/h5-14,16-17H,15H2,1-4H3,(H2,34,39)(H,35,36)(H2,37,38,40). The van der Waals surface area contributed by atoms with Crippen LogP contribution in [0, 0.1) is 11.6 Å². The summed E-state index contributed by atoms with van der Waals surface area (Å²) in [5.74, 6) is -2.68. The molecular formula is C31H31F2N5O4. The quantitative estimate of drug-likeness (QED) is 0.172. The van der Waals surface area contributed by atoms with Gasteiger partial charge in [0.2, 0.25) is 11.7 Å². The number of pyridine rings is 1. The summed E-state index contributed by atoms with van der Waals surface area (Å²) < 4.78 is 41.0. The molecule has 0 aliphatic carbocycles. The first-order valence-corrected chi connectivity index (χ1v) is 13.0. The molecule has 42 heavy (non-hydrogen) atoms. The van der Waals surface area contributed by atoms with Crippen LogP contribution in [0.2, 0.25) is 0 Å². The van der Waals surface area contributed by atoms with Crippen LogP contribution in [0.1, 0.15) is 31.9 Å². The Labute approximate surface area is 242 Å². The number of nitrogens with two attached hydrogens (primary N) is 1. The third kappa shape index (κ3) is 7.30. The lowest BCUT2D eigenvalue weighted by Gasteiger charge is -2.23. The van der Waals surface area contributed by atoms with Crippen molar-refractivity contribution < 1.29 is 27.8 Å². The van der Waals surface area contributed by atoms with Gasteiger partial charge in [-0.2, -0.15) is 4.39 Å². The van der Waals surface area contributed by atoms with E-state index in [1.165, 1.54) is 37.6 Å². The monoisotopic (exact) mass is 575 g/mol. The first kappa shape index (κ1) is 29.8. The Morgan fingerprint density at radius 1 is 0.929 bits per heavy atom. The fourth-order valence-electron chi connectivity index (χ4n) is 4.10.